The van der Waals surface area contributed by atoms with Gasteiger partial charge in [0.25, 0.3) is 0 Å². The van der Waals surface area contributed by atoms with E-state index in [1.807, 2.05) is 0 Å². The lowest BCUT2D eigenvalue weighted by atomic mass is 9.97. The summed E-state index contributed by atoms with van der Waals surface area (Å²) in [5.41, 5.74) is 4.37. The van der Waals surface area contributed by atoms with Gasteiger partial charge in [0.2, 0.25) is 0 Å². The van der Waals surface area contributed by atoms with Crippen molar-refractivity contribution >= 4 is 5.69 Å². The normalized spacial score (nSPS) is 21.6. The Morgan fingerprint density at radius 1 is 1.19 bits per heavy atom. The van der Waals surface area contributed by atoms with Gasteiger partial charge in [-0.2, -0.15) is 0 Å². The van der Waals surface area contributed by atoms with Crippen LogP contribution in [-0.2, 0) is 12.8 Å². The minimum Gasteiger partial charge on any atom is -0.385 e. The molecule has 21 heavy (non-hydrogen) atoms. The van der Waals surface area contributed by atoms with E-state index in [-0.39, 0.29) is 0 Å². The van der Waals surface area contributed by atoms with Gasteiger partial charge < -0.3 is 10.2 Å². The van der Waals surface area contributed by atoms with Gasteiger partial charge in [-0.05, 0) is 49.9 Å². The Morgan fingerprint density at radius 3 is 2.76 bits per heavy atom. The molecule has 1 aromatic carbocycles. The van der Waals surface area contributed by atoms with Crippen LogP contribution in [0.3, 0.4) is 0 Å². The third kappa shape index (κ3) is 3.58. The van der Waals surface area contributed by atoms with E-state index in [4.69, 9.17) is 0 Å². The van der Waals surface area contributed by atoms with Crippen molar-refractivity contribution in [2.24, 2.45) is 0 Å². The van der Waals surface area contributed by atoms with Crippen LogP contribution < -0.4 is 5.32 Å². The lowest BCUT2D eigenvalue weighted by molar-refractivity contribution is 0.106. The van der Waals surface area contributed by atoms with Gasteiger partial charge in [-0.15, -0.1) is 0 Å². The number of fused-ring (bicyclic) bond motifs is 1. The molecule has 0 aromatic heterocycles. The number of piperazine rings is 1. The molecule has 116 valence electrons. The van der Waals surface area contributed by atoms with Crippen LogP contribution in [0.4, 0.5) is 5.69 Å². The van der Waals surface area contributed by atoms with Crippen LogP contribution in [0.5, 0.6) is 0 Å². The summed E-state index contributed by atoms with van der Waals surface area (Å²) in [5, 5.41) is 3.50. The molecule has 2 aliphatic heterocycles. The number of hydrogen-bond donors (Lipinski definition) is 1. The number of anilines is 1. The number of nitrogens with one attached hydrogen (secondary N) is 1. The van der Waals surface area contributed by atoms with Crippen molar-refractivity contribution in [2.75, 3.05) is 44.6 Å². The van der Waals surface area contributed by atoms with E-state index < -0.39 is 0 Å². The molecule has 2 heterocycles. The average Bonchev–Trinajstić information content (AvgIpc) is 2.55. The fourth-order valence-electron chi connectivity index (χ4n) is 3.65. The monoisotopic (exact) mass is 287 g/mol. The van der Waals surface area contributed by atoms with Crippen LogP contribution in [0.25, 0.3) is 0 Å². The molecule has 2 aliphatic rings. The molecule has 1 fully saturated rings. The van der Waals surface area contributed by atoms with Crippen LogP contribution in [0.1, 0.15) is 31.4 Å². The smallest absolute Gasteiger partial charge is 0.0372 e. The molecule has 3 nitrogen and oxygen atoms in total. The third-order valence-corrected chi connectivity index (χ3v) is 5.12. The first-order chi connectivity index (χ1) is 10.3. The summed E-state index contributed by atoms with van der Waals surface area (Å²) < 4.78 is 0. The Bertz CT molecular complexity index is 464. The molecule has 3 rings (SSSR count). The highest BCUT2D eigenvalue weighted by molar-refractivity contribution is 5.54. The predicted octanol–water partition coefficient (Wildman–Crippen LogP) is 2.61. The lowest BCUT2D eigenvalue weighted by Gasteiger charge is -2.37. The molecule has 3 heteroatoms. The molecule has 1 aromatic rings. The number of likely N-dealkylation sites (N-methyl/N-ethyl adjacent to an activating group) is 1. The number of benzene rings is 1. The van der Waals surface area contributed by atoms with Crippen molar-refractivity contribution in [1.82, 2.24) is 9.80 Å². The quantitative estimate of drug-likeness (QED) is 0.918. The molecule has 1 atom stereocenters. The fraction of sp³-hybridized carbons (Fsp3) is 0.667. The highest BCUT2D eigenvalue weighted by Crippen LogP contribution is 2.24. The molecular formula is C18H29N3. The Hall–Kier alpha value is -1.06. The van der Waals surface area contributed by atoms with Crippen molar-refractivity contribution < 1.29 is 0 Å². The topological polar surface area (TPSA) is 18.5 Å². The molecule has 0 saturated carbocycles. The summed E-state index contributed by atoms with van der Waals surface area (Å²) in [6.07, 6.45) is 3.68. The molecule has 0 radical (unpaired) electrons. The molecule has 0 spiro atoms. The summed E-state index contributed by atoms with van der Waals surface area (Å²) in [7, 11) is 0. The van der Waals surface area contributed by atoms with E-state index in [0.29, 0.717) is 6.04 Å². The van der Waals surface area contributed by atoms with Crippen LogP contribution in [0.2, 0.25) is 0 Å². The number of aryl methyl sites for hydroxylation is 1. The summed E-state index contributed by atoms with van der Waals surface area (Å²) in [6, 6.07) is 7.68. The second-order valence-corrected chi connectivity index (χ2v) is 6.55. The zero-order valence-electron chi connectivity index (χ0n) is 13.6. The number of hydrogen-bond acceptors (Lipinski definition) is 3. The van der Waals surface area contributed by atoms with Crippen molar-refractivity contribution in [3.63, 3.8) is 0 Å². The third-order valence-electron chi connectivity index (χ3n) is 5.12. The van der Waals surface area contributed by atoms with Gasteiger partial charge >= 0.3 is 0 Å². The van der Waals surface area contributed by atoms with Crippen molar-refractivity contribution in [1.29, 1.82) is 0 Å². The van der Waals surface area contributed by atoms with Crippen LogP contribution in [-0.4, -0.2) is 55.1 Å². The zero-order valence-corrected chi connectivity index (χ0v) is 13.6. The van der Waals surface area contributed by atoms with Gasteiger partial charge in [-0.25, -0.2) is 0 Å². The van der Waals surface area contributed by atoms with E-state index in [1.165, 1.54) is 68.8 Å². The molecular weight excluding hydrogens is 258 g/mol. The molecule has 1 N–H and O–H groups in total. The maximum absolute atomic E-state index is 3.50. The number of rotatable bonds is 4. The largest absolute Gasteiger partial charge is 0.385 e. The van der Waals surface area contributed by atoms with Crippen molar-refractivity contribution in [3.05, 3.63) is 29.3 Å². The Kier molecular flexibility index (Phi) is 4.81. The maximum atomic E-state index is 3.50. The van der Waals surface area contributed by atoms with Gasteiger partial charge in [0.1, 0.15) is 0 Å². The second-order valence-electron chi connectivity index (χ2n) is 6.55. The Morgan fingerprint density at radius 2 is 2.00 bits per heavy atom. The summed E-state index contributed by atoms with van der Waals surface area (Å²) in [6.45, 7) is 11.9. The van der Waals surface area contributed by atoms with Crippen LogP contribution in [0.15, 0.2) is 18.2 Å². The van der Waals surface area contributed by atoms with E-state index in [0.717, 1.165) is 6.54 Å². The zero-order chi connectivity index (χ0) is 14.7. The SMILES string of the molecule is CCN1CCN(C(C)Cc2ccc3c(c2)CCCN3)CC1. The predicted molar refractivity (Wildman–Crippen MR) is 90.1 cm³/mol. The average molecular weight is 287 g/mol. The van der Waals surface area contributed by atoms with Crippen molar-refractivity contribution in [2.45, 2.75) is 39.2 Å². The first-order valence-corrected chi connectivity index (χ1v) is 8.58. The van der Waals surface area contributed by atoms with Crippen LogP contribution in [0, 0.1) is 0 Å². The minimum atomic E-state index is 0.651. The van der Waals surface area contributed by atoms with Crippen molar-refractivity contribution in [3.8, 4) is 0 Å². The van der Waals surface area contributed by atoms with Gasteiger partial charge in [-0.1, -0.05) is 19.1 Å². The Balaban J connectivity index is 1.58. The maximum Gasteiger partial charge on any atom is 0.0372 e. The van der Waals surface area contributed by atoms with E-state index in [2.05, 4.69) is 47.2 Å². The minimum absolute atomic E-state index is 0.651. The molecule has 0 bridgehead atoms. The van der Waals surface area contributed by atoms with Gasteiger partial charge in [0, 0.05) is 44.5 Å². The lowest BCUT2D eigenvalue weighted by Crippen LogP contribution is -2.49. The Labute approximate surface area is 129 Å². The highest BCUT2D eigenvalue weighted by atomic mass is 15.3. The first-order valence-electron chi connectivity index (χ1n) is 8.58. The summed E-state index contributed by atoms with van der Waals surface area (Å²) >= 11 is 0. The molecule has 0 aliphatic carbocycles. The fourth-order valence-corrected chi connectivity index (χ4v) is 3.65. The van der Waals surface area contributed by atoms with Crippen LogP contribution >= 0.6 is 0 Å². The van der Waals surface area contributed by atoms with E-state index in [9.17, 15) is 0 Å². The van der Waals surface area contributed by atoms with E-state index in [1.54, 1.807) is 0 Å². The molecule has 1 unspecified atom stereocenters. The number of nitrogens with zero attached hydrogens (tertiary/aromatic N) is 2. The van der Waals surface area contributed by atoms with E-state index >= 15 is 0 Å². The standard InChI is InChI=1S/C18H29N3/c1-3-20-9-11-21(12-10-20)15(2)13-16-6-7-18-17(14-16)5-4-8-19-18/h6-7,14-15,19H,3-5,8-13H2,1-2H3. The molecule has 0 amide bonds. The highest BCUT2D eigenvalue weighted by Gasteiger charge is 2.20. The summed E-state index contributed by atoms with van der Waals surface area (Å²) in [4.78, 5) is 5.21. The van der Waals surface area contributed by atoms with Gasteiger partial charge in [0.15, 0.2) is 0 Å². The second kappa shape index (κ2) is 6.80. The van der Waals surface area contributed by atoms with Gasteiger partial charge in [0.05, 0.1) is 0 Å². The summed E-state index contributed by atoms with van der Waals surface area (Å²) in [5.74, 6) is 0. The molecule has 1 saturated heterocycles. The van der Waals surface area contributed by atoms with Gasteiger partial charge in [-0.3, -0.25) is 4.90 Å². The first kappa shape index (κ1) is 14.9.